The van der Waals surface area contributed by atoms with Gasteiger partial charge in [-0.3, -0.25) is 4.79 Å². The van der Waals surface area contributed by atoms with Gasteiger partial charge >= 0.3 is 6.09 Å². The predicted molar refractivity (Wildman–Crippen MR) is 93.8 cm³/mol. The summed E-state index contributed by atoms with van der Waals surface area (Å²) in [6.45, 7) is 7.93. The minimum absolute atomic E-state index is 0.0638. The van der Waals surface area contributed by atoms with Crippen LogP contribution < -0.4 is 0 Å². The van der Waals surface area contributed by atoms with Gasteiger partial charge in [-0.1, -0.05) is 42.5 Å². The van der Waals surface area contributed by atoms with Gasteiger partial charge in [0.25, 0.3) is 5.91 Å². The Morgan fingerprint density at radius 2 is 2.14 bits per heavy atom. The van der Waals surface area contributed by atoms with Gasteiger partial charge in [0.05, 0.1) is 12.1 Å². The SMILES string of the molecule is CO[C@H](C/C=C(\C)C(=O)N1C(=O)OC[C@@H]1C(C)C)/C(C)=C/I. The molecule has 0 aromatic rings. The summed E-state index contributed by atoms with van der Waals surface area (Å²) < 4.78 is 12.4. The summed E-state index contributed by atoms with van der Waals surface area (Å²) in [4.78, 5) is 25.6. The molecule has 0 radical (unpaired) electrons. The molecule has 1 aliphatic heterocycles. The van der Waals surface area contributed by atoms with Crippen molar-refractivity contribution >= 4 is 34.6 Å². The van der Waals surface area contributed by atoms with Crippen LogP contribution in [0.15, 0.2) is 21.3 Å². The van der Waals surface area contributed by atoms with Crippen LogP contribution in [-0.2, 0) is 14.3 Å². The van der Waals surface area contributed by atoms with Crippen molar-refractivity contribution in [3.05, 3.63) is 21.3 Å². The second kappa shape index (κ2) is 8.67. The topological polar surface area (TPSA) is 55.8 Å². The first kappa shape index (κ1) is 19.2. The van der Waals surface area contributed by atoms with Crippen LogP contribution in [0.3, 0.4) is 0 Å². The summed E-state index contributed by atoms with van der Waals surface area (Å²) in [6.07, 6.45) is 1.80. The number of carbonyl (C=O) groups excluding carboxylic acids is 2. The number of amides is 2. The highest BCUT2D eigenvalue weighted by molar-refractivity contribution is 14.1. The molecule has 6 heteroatoms. The highest BCUT2D eigenvalue weighted by Crippen LogP contribution is 2.22. The maximum Gasteiger partial charge on any atom is 0.417 e. The fraction of sp³-hybridized carbons (Fsp3) is 0.625. The number of nitrogens with zero attached hydrogens (tertiary/aromatic N) is 1. The molecule has 22 heavy (non-hydrogen) atoms. The Morgan fingerprint density at radius 1 is 1.50 bits per heavy atom. The molecule has 124 valence electrons. The number of ether oxygens (including phenoxy) is 2. The van der Waals surface area contributed by atoms with Gasteiger partial charge < -0.3 is 9.47 Å². The molecule has 0 saturated carbocycles. The van der Waals surface area contributed by atoms with Gasteiger partial charge in [-0.05, 0) is 35.8 Å². The molecule has 1 saturated heterocycles. The summed E-state index contributed by atoms with van der Waals surface area (Å²) in [5, 5.41) is 0. The zero-order valence-electron chi connectivity index (χ0n) is 13.8. The molecule has 1 fully saturated rings. The normalized spacial score (nSPS) is 21.3. The van der Waals surface area contributed by atoms with E-state index in [9.17, 15) is 9.59 Å². The first-order chi connectivity index (χ1) is 10.3. The van der Waals surface area contributed by atoms with Crippen LogP contribution in [0.4, 0.5) is 4.79 Å². The number of halogens is 1. The lowest BCUT2D eigenvalue weighted by molar-refractivity contribution is -0.125. The zero-order chi connectivity index (χ0) is 16.9. The Hall–Kier alpha value is -0.890. The Balaban J connectivity index is 2.83. The largest absolute Gasteiger partial charge is 0.447 e. The van der Waals surface area contributed by atoms with Gasteiger partial charge in [0.1, 0.15) is 6.61 Å². The van der Waals surface area contributed by atoms with Gasteiger partial charge in [0.15, 0.2) is 0 Å². The average molecular weight is 421 g/mol. The van der Waals surface area contributed by atoms with Crippen LogP contribution in [0.1, 0.15) is 34.1 Å². The van der Waals surface area contributed by atoms with E-state index in [2.05, 4.69) is 22.6 Å². The third-order valence-corrected chi connectivity index (χ3v) is 4.82. The van der Waals surface area contributed by atoms with Crippen LogP contribution in [0.2, 0.25) is 0 Å². The molecule has 0 spiro atoms. The second-order valence-corrected chi connectivity index (χ2v) is 6.39. The lowest BCUT2D eigenvalue weighted by Gasteiger charge is -2.23. The van der Waals surface area contributed by atoms with Crippen molar-refractivity contribution in [2.45, 2.75) is 46.3 Å². The number of imide groups is 1. The van der Waals surface area contributed by atoms with Gasteiger partial charge in [0.2, 0.25) is 0 Å². The summed E-state index contributed by atoms with van der Waals surface area (Å²) in [5.41, 5.74) is 1.63. The monoisotopic (exact) mass is 421 g/mol. The molecule has 5 nitrogen and oxygen atoms in total. The van der Waals surface area contributed by atoms with Crippen LogP contribution in [-0.4, -0.2) is 42.8 Å². The maximum atomic E-state index is 12.5. The Labute approximate surface area is 145 Å². The van der Waals surface area contributed by atoms with E-state index in [4.69, 9.17) is 9.47 Å². The maximum absolute atomic E-state index is 12.5. The highest BCUT2D eigenvalue weighted by Gasteiger charge is 2.39. The Bertz CT molecular complexity index is 485. The molecule has 1 aliphatic rings. The van der Waals surface area contributed by atoms with Crippen molar-refractivity contribution in [3.63, 3.8) is 0 Å². The third-order valence-electron chi connectivity index (χ3n) is 3.83. The van der Waals surface area contributed by atoms with Crippen molar-refractivity contribution in [2.24, 2.45) is 5.92 Å². The number of cyclic esters (lactones) is 1. The Kier molecular flexibility index (Phi) is 7.55. The lowest BCUT2D eigenvalue weighted by atomic mass is 10.0. The average Bonchev–Trinajstić information content (AvgIpc) is 2.88. The van der Waals surface area contributed by atoms with Gasteiger partial charge in [-0.25, -0.2) is 9.69 Å². The number of rotatable bonds is 6. The van der Waals surface area contributed by atoms with Crippen molar-refractivity contribution in [1.29, 1.82) is 0 Å². The van der Waals surface area contributed by atoms with Gasteiger partial charge in [-0.15, -0.1) is 0 Å². The molecule has 1 rings (SSSR count). The molecular weight excluding hydrogens is 397 g/mol. The molecule has 0 aliphatic carbocycles. The smallest absolute Gasteiger partial charge is 0.417 e. The first-order valence-electron chi connectivity index (χ1n) is 7.30. The second-order valence-electron chi connectivity index (χ2n) is 5.76. The molecule has 0 aromatic carbocycles. The Morgan fingerprint density at radius 3 is 2.64 bits per heavy atom. The van der Waals surface area contributed by atoms with Crippen molar-refractivity contribution < 1.29 is 19.1 Å². The van der Waals surface area contributed by atoms with Gasteiger partial charge in [-0.2, -0.15) is 0 Å². The van der Waals surface area contributed by atoms with E-state index in [0.717, 1.165) is 5.57 Å². The molecule has 1 heterocycles. The highest BCUT2D eigenvalue weighted by atomic mass is 127. The van der Waals surface area contributed by atoms with E-state index in [1.54, 1.807) is 14.0 Å². The van der Waals surface area contributed by atoms with Crippen molar-refractivity contribution in [1.82, 2.24) is 4.90 Å². The standard InChI is InChI=1S/C16H24INO4/c1-10(2)13-9-22-16(20)18(13)15(19)11(3)6-7-14(21-5)12(4)8-17/h6,8,10,13-14H,7,9H2,1-5H3/b11-6+,12-8+/t13-,14-/m1/s1. The summed E-state index contributed by atoms with van der Waals surface area (Å²) >= 11 is 2.17. The van der Waals surface area contributed by atoms with E-state index in [0.29, 0.717) is 12.0 Å². The van der Waals surface area contributed by atoms with E-state index in [1.807, 2.05) is 30.9 Å². The molecule has 2 amide bonds. The number of hydrogen-bond acceptors (Lipinski definition) is 4. The molecule has 2 atom stereocenters. The molecule has 0 aromatic heterocycles. The first-order valence-corrected chi connectivity index (χ1v) is 8.54. The van der Waals surface area contributed by atoms with E-state index < -0.39 is 6.09 Å². The molecule has 0 bridgehead atoms. The summed E-state index contributed by atoms with van der Waals surface area (Å²) in [7, 11) is 1.64. The quantitative estimate of drug-likeness (QED) is 0.485. The van der Waals surface area contributed by atoms with Crippen LogP contribution in [0, 0.1) is 5.92 Å². The van der Waals surface area contributed by atoms with Crippen LogP contribution in [0.5, 0.6) is 0 Å². The fourth-order valence-corrected chi connectivity index (χ4v) is 2.66. The summed E-state index contributed by atoms with van der Waals surface area (Å²) in [6, 6.07) is -0.197. The van der Waals surface area contributed by atoms with E-state index in [1.165, 1.54) is 4.90 Å². The zero-order valence-corrected chi connectivity index (χ0v) is 15.9. The number of methoxy groups -OCH3 is 1. The van der Waals surface area contributed by atoms with Gasteiger partial charge in [0, 0.05) is 12.7 Å². The van der Waals surface area contributed by atoms with Crippen LogP contribution in [0.25, 0.3) is 0 Å². The fourth-order valence-electron chi connectivity index (χ4n) is 2.26. The lowest BCUT2D eigenvalue weighted by Crippen LogP contribution is -2.42. The predicted octanol–water partition coefficient (Wildman–Crippen LogP) is 3.68. The van der Waals surface area contributed by atoms with Crippen molar-refractivity contribution in [3.8, 4) is 0 Å². The van der Waals surface area contributed by atoms with E-state index in [-0.39, 0.29) is 30.6 Å². The minimum atomic E-state index is -0.553. The third kappa shape index (κ3) is 4.55. The number of hydrogen-bond donors (Lipinski definition) is 0. The minimum Gasteiger partial charge on any atom is -0.447 e. The molecule has 0 unspecified atom stereocenters. The number of carbonyl (C=O) groups is 2. The molecule has 0 N–H and O–H groups in total. The van der Waals surface area contributed by atoms with E-state index >= 15 is 0 Å². The summed E-state index contributed by atoms with van der Waals surface area (Å²) in [5.74, 6) is -0.119. The van der Waals surface area contributed by atoms with Crippen molar-refractivity contribution in [2.75, 3.05) is 13.7 Å². The van der Waals surface area contributed by atoms with Crippen LogP contribution >= 0.6 is 22.6 Å². The molecular formula is C16H24INO4.